The van der Waals surface area contributed by atoms with Crippen molar-refractivity contribution >= 4 is 23.5 Å². The summed E-state index contributed by atoms with van der Waals surface area (Å²) in [5, 5.41) is 8.18. The van der Waals surface area contributed by atoms with Crippen molar-refractivity contribution in [1.82, 2.24) is 19.7 Å². The highest BCUT2D eigenvalue weighted by Crippen LogP contribution is 2.31. The van der Waals surface area contributed by atoms with E-state index < -0.39 is 0 Å². The second kappa shape index (κ2) is 8.65. The fourth-order valence-corrected chi connectivity index (χ4v) is 4.40. The predicted octanol–water partition coefficient (Wildman–Crippen LogP) is 4.35. The van der Waals surface area contributed by atoms with Crippen molar-refractivity contribution in [2.24, 2.45) is 0 Å². The molecule has 1 fully saturated rings. The van der Waals surface area contributed by atoms with Crippen LogP contribution in [0.5, 0.6) is 0 Å². The van der Waals surface area contributed by atoms with Gasteiger partial charge in [0, 0.05) is 18.2 Å². The van der Waals surface area contributed by atoms with E-state index in [4.69, 9.17) is 0 Å². The Kier molecular flexibility index (Phi) is 5.81. The summed E-state index contributed by atoms with van der Waals surface area (Å²) in [6, 6.07) is 12.6. The molecule has 0 saturated heterocycles. The van der Waals surface area contributed by atoms with Crippen molar-refractivity contribution < 1.29 is 4.79 Å². The van der Waals surface area contributed by atoms with Crippen LogP contribution in [0.15, 0.2) is 47.8 Å². The molecular weight excluding hydrogens is 370 g/mol. The van der Waals surface area contributed by atoms with Crippen LogP contribution in [0.3, 0.4) is 0 Å². The zero-order valence-corrected chi connectivity index (χ0v) is 16.8. The Balaban J connectivity index is 1.33. The number of amides is 1. The number of thioether (sulfide) groups is 1. The van der Waals surface area contributed by atoms with E-state index in [0.29, 0.717) is 11.8 Å². The van der Waals surface area contributed by atoms with Crippen LogP contribution >= 0.6 is 11.8 Å². The van der Waals surface area contributed by atoms with Gasteiger partial charge in [-0.2, -0.15) is 5.10 Å². The summed E-state index contributed by atoms with van der Waals surface area (Å²) in [4.78, 5) is 20.4. The average molecular weight is 396 g/mol. The number of carbonyl (C=O) groups is 1. The number of nitrogens with zero attached hydrogens (tertiary/aromatic N) is 3. The summed E-state index contributed by atoms with van der Waals surface area (Å²) in [5.41, 5.74) is 3.30. The van der Waals surface area contributed by atoms with Crippen LogP contribution in [0.4, 0.5) is 5.82 Å². The monoisotopic (exact) mass is 395 g/mol. The first-order valence-corrected chi connectivity index (χ1v) is 10.7. The molecule has 7 heteroatoms. The molecule has 2 aromatic heterocycles. The van der Waals surface area contributed by atoms with Gasteiger partial charge in [-0.15, -0.1) is 0 Å². The first-order chi connectivity index (χ1) is 13.7. The number of hydrogen-bond acceptors (Lipinski definition) is 4. The van der Waals surface area contributed by atoms with Crippen molar-refractivity contribution in [3.63, 3.8) is 0 Å². The Labute approximate surface area is 169 Å². The lowest BCUT2D eigenvalue weighted by Gasteiger charge is -2.14. The summed E-state index contributed by atoms with van der Waals surface area (Å²) in [5.74, 6) is 1.06. The molecule has 1 aliphatic carbocycles. The van der Waals surface area contributed by atoms with Crippen molar-refractivity contribution in [1.29, 1.82) is 0 Å². The van der Waals surface area contributed by atoms with Gasteiger partial charge >= 0.3 is 0 Å². The number of rotatable bonds is 7. The number of aromatic amines is 1. The zero-order valence-electron chi connectivity index (χ0n) is 16.0. The summed E-state index contributed by atoms with van der Waals surface area (Å²) >= 11 is 1.43. The third-order valence-electron chi connectivity index (χ3n) is 5.13. The van der Waals surface area contributed by atoms with Crippen molar-refractivity contribution in [2.75, 3.05) is 11.1 Å². The lowest BCUT2D eigenvalue weighted by atomic mass is 10.1. The zero-order chi connectivity index (χ0) is 19.3. The molecule has 146 valence electrons. The summed E-state index contributed by atoms with van der Waals surface area (Å²) in [7, 11) is 0. The van der Waals surface area contributed by atoms with Gasteiger partial charge in [-0.05, 0) is 25.3 Å². The van der Waals surface area contributed by atoms with Gasteiger partial charge in [-0.25, -0.2) is 9.67 Å². The Morgan fingerprint density at radius 1 is 1.25 bits per heavy atom. The highest BCUT2D eigenvalue weighted by molar-refractivity contribution is 7.99. The normalized spacial score (nSPS) is 14.5. The number of aromatic nitrogens is 4. The molecule has 1 amide bonds. The molecule has 0 spiro atoms. The Morgan fingerprint density at radius 3 is 2.82 bits per heavy atom. The molecule has 0 bridgehead atoms. The minimum Gasteiger partial charge on any atom is -0.337 e. The van der Waals surface area contributed by atoms with Crippen LogP contribution in [-0.4, -0.2) is 31.4 Å². The number of anilines is 1. The minimum absolute atomic E-state index is 0.0385. The molecule has 4 rings (SSSR count). The van der Waals surface area contributed by atoms with E-state index >= 15 is 0 Å². The van der Waals surface area contributed by atoms with Gasteiger partial charge in [-0.3, -0.25) is 4.79 Å². The van der Waals surface area contributed by atoms with E-state index in [1.54, 1.807) is 6.20 Å². The number of aryl methyl sites for hydroxylation is 1. The summed E-state index contributed by atoms with van der Waals surface area (Å²) in [6.07, 6.45) is 7.28. The van der Waals surface area contributed by atoms with Gasteiger partial charge in [0.25, 0.3) is 0 Å². The van der Waals surface area contributed by atoms with Gasteiger partial charge in [0.2, 0.25) is 5.91 Å². The molecule has 0 atom stereocenters. The highest BCUT2D eigenvalue weighted by atomic mass is 32.2. The number of nitrogens with one attached hydrogen (secondary N) is 2. The first-order valence-electron chi connectivity index (χ1n) is 9.74. The first kappa shape index (κ1) is 18.8. The molecule has 3 aromatic rings. The Hall–Kier alpha value is -2.54. The maximum Gasteiger partial charge on any atom is 0.235 e. The Morgan fingerprint density at radius 2 is 2.04 bits per heavy atom. The molecule has 6 nitrogen and oxygen atoms in total. The molecule has 2 N–H and O–H groups in total. The predicted molar refractivity (Wildman–Crippen MR) is 112 cm³/mol. The van der Waals surface area contributed by atoms with Crippen LogP contribution in [0.2, 0.25) is 0 Å². The average Bonchev–Trinajstić information content (AvgIpc) is 3.43. The molecular formula is C21H25N5OS. The standard InChI is InChI=1S/C21H25N5OS/c1-15-18(13-16-7-3-2-4-8-16)24-21(23-15)28-14-20(27)25-19-11-12-22-26(19)17-9-5-6-10-17/h2-4,7-8,11-12,17H,5-6,9-10,13-14H2,1H3,(H,23,24)(H,25,27). The molecule has 0 radical (unpaired) electrons. The smallest absolute Gasteiger partial charge is 0.235 e. The van der Waals surface area contributed by atoms with Gasteiger partial charge in [-0.1, -0.05) is 54.9 Å². The molecule has 1 saturated carbocycles. The molecule has 1 aliphatic rings. The van der Waals surface area contributed by atoms with Gasteiger partial charge in [0.1, 0.15) is 5.82 Å². The summed E-state index contributed by atoms with van der Waals surface area (Å²) in [6.45, 7) is 2.02. The van der Waals surface area contributed by atoms with Crippen LogP contribution in [-0.2, 0) is 11.2 Å². The third kappa shape index (κ3) is 4.47. The Bertz CT molecular complexity index is 927. The summed E-state index contributed by atoms with van der Waals surface area (Å²) < 4.78 is 1.96. The van der Waals surface area contributed by atoms with Crippen molar-refractivity contribution in [2.45, 2.75) is 50.2 Å². The number of carbonyl (C=O) groups excluding carboxylic acids is 1. The van der Waals surface area contributed by atoms with Crippen LogP contribution in [0, 0.1) is 6.92 Å². The van der Waals surface area contributed by atoms with E-state index in [-0.39, 0.29) is 5.91 Å². The lowest BCUT2D eigenvalue weighted by Crippen LogP contribution is -2.19. The molecule has 0 unspecified atom stereocenters. The minimum atomic E-state index is -0.0385. The van der Waals surface area contributed by atoms with Gasteiger partial charge in [0.15, 0.2) is 5.16 Å². The molecule has 2 heterocycles. The third-order valence-corrected chi connectivity index (χ3v) is 6.00. The van der Waals surface area contributed by atoms with E-state index in [0.717, 1.165) is 41.6 Å². The van der Waals surface area contributed by atoms with Crippen LogP contribution in [0.1, 0.15) is 48.7 Å². The van der Waals surface area contributed by atoms with Gasteiger partial charge in [0.05, 0.1) is 23.7 Å². The van der Waals surface area contributed by atoms with Crippen molar-refractivity contribution in [3.8, 4) is 0 Å². The van der Waals surface area contributed by atoms with E-state index in [9.17, 15) is 4.79 Å². The van der Waals surface area contributed by atoms with E-state index in [1.165, 1.54) is 30.2 Å². The molecule has 1 aromatic carbocycles. The fraction of sp³-hybridized carbons (Fsp3) is 0.381. The second-order valence-corrected chi connectivity index (χ2v) is 8.18. The van der Waals surface area contributed by atoms with Crippen LogP contribution < -0.4 is 5.32 Å². The maximum absolute atomic E-state index is 12.4. The topological polar surface area (TPSA) is 75.6 Å². The number of H-pyrrole nitrogens is 1. The number of imidazole rings is 1. The van der Waals surface area contributed by atoms with E-state index in [1.807, 2.05) is 35.9 Å². The lowest BCUT2D eigenvalue weighted by molar-refractivity contribution is -0.113. The fourth-order valence-electron chi connectivity index (χ4n) is 3.66. The van der Waals surface area contributed by atoms with Gasteiger partial charge < -0.3 is 10.3 Å². The van der Waals surface area contributed by atoms with Crippen LogP contribution in [0.25, 0.3) is 0 Å². The number of benzene rings is 1. The molecule has 0 aliphatic heterocycles. The van der Waals surface area contributed by atoms with E-state index in [2.05, 4.69) is 32.5 Å². The number of hydrogen-bond donors (Lipinski definition) is 2. The molecule has 28 heavy (non-hydrogen) atoms. The van der Waals surface area contributed by atoms with Crippen molar-refractivity contribution in [3.05, 3.63) is 59.5 Å². The maximum atomic E-state index is 12.4. The largest absolute Gasteiger partial charge is 0.337 e. The second-order valence-electron chi connectivity index (χ2n) is 7.21. The highest BCUT2D eigenvalue weighted by Gasteiger charge is 2.20. The quantitative estimate of drug-likeness (QED) is 0.583. The SMILES string of the molecule is Cc1[nH]c(SCC(=O)Nc2ccnn2C2CCCC2)nc1Cc1ccccc1.